The third-order valence-electron chi connectivity index (χ3n) is 1.45. The second-order valence-electron chi connectivity index (χ2n) is 2.30. The summed E-state index contributed by atoms with van der Waals surface area (Å²) in [6, 6.07) is 1.08. The second-order valence-corrected chi connectivity index (χ2v) is 2.66. The van der Waals surface area contributed by atoms with Gasteiger partial charge in [-0.25, -0.2) is 9.48 Å². The van der Waals surface area contributed by atoms with Gasteiger partial charge in [0.15, 0.2) is 5.15 Å². The van der Waals surface area contributed by atoms with Crippen LogP contribution in [0.4, 0.5) is 0 Å². The van der Waals surface area contributed by atoms with Crippen LogP contribution in [0.5, 0.6) is 0 Å². The van der Waals surface area contributed by atoms with Crippen LogP contribution in [-0.4, -0.2) is 22.9 Å². The molecule has 0 aliphatic heterocycles. The summed E-state index contributed by atoms with van der Waals surface area (Å²) < 4.78 is 5.44. The number of halogens is 1. The van der Waals surface area contributed by atoms with Gasteiger partial charge in [-0.05, 0) is 0 Å². The fourth-order valence-corrected chi connectivity index (χ4v) is 1.01. The van der Waals surface area contributed by atoms with Gasteiger partial charge in [0.1, 0.15) is 5.56 Å². The van der Waals surface area contributed by atoms with Gasteiger partial charge in [-0.3, -0.25) is 4.79 Å². The zero-order valence-electron chi connectivity index (χ0n) is 7.07. The summed E-state index contributed by atoms with van der Waals surface area (Å²) in [4.78, 5) is 22.0. The molecule has 0 bridgehead atoms. The van der Waals surface area contributed by atoms with Crippen molar-refractivity contribution in [1.82, 2.24) is 9.78 Å². The Bertz CT molecular complexity index is 399. The first kappa shape index (κ1) is 9.73. The van der Waals surface area contributed by atoms with Crippen LogP contribution in [0, 0.1) is 0 Å². The highest BCUT2D eigenvalue weighted by molar-refractivity contribution is 6.32. The molecule has 5 nitrogen and oxygen atoms in total. The molecule has 0 aliphatic rings. The molecule has 6 heteroatoms. The van der Waals surface area contributed by atoms with E-state index in [-0.39, 0.29) is 10.7 Å². The first-order valence-electron chi connectivity index (χ1n) is 3.38. The zero-order valence-corrected chi connectivity index (χ0v) is 7.83. The molecule has 0 saturated heterocycles. The van der Waals surface area contributed by atoms with Crippen molar-refractivity contribution in [3.05, 3.63) is 27.1 Å². The lowest BCUT2D eigenvalue weighted by Crippen LogP contribution is -2.21. The Labute approximate surface area is 78.9 Å². The van der Waals surface area contributed by atoms with E-state index in [0.717, 1.165) is 10.7 Å². The number of hydrogen-bond acceptors (Lipinski definition) is 4. The topological polar surface area (TPSA) is 61.2 Å². The van der Waals surface area contributed by atoms with E-state index in [2.05, 4.69) is 9.84 Å². The number of aromatic nitrogens is 2. The number of esters is 1. The van der Waals surface area contributed by atoms with Crippen molar-refractivity contribution in [2.75, 3.05) is 7.11 Å². The molecule has 1 aromatic heterocycles. The normalized spacial score (nSPS) is 9.77. The van der Waals surface area contributed by atoms with Gasteiger partial charge in [0.25, 0.3) is 5.56 Å². The van der Waals surface area contributed by atoms with E-state index in [1.807, 2.05) is 0 Å². The van der Waals surface area contributed by atoms with Crippen LogP contribution >= 0.6 is 11.6 Å². The Balaban J connectivity index is 3.32. The maximum atomic E-state index is 11.0. The van der Waals surface area contributed by atoms with Gasteiger partial charge in [-0.15, -0.1) is 0 Å². The lowest BCUT2D eigenvalue weighted by Gasteiger charge is -2.01. The molecule has 0 fully saturated rings. The minimum absolute atomic E-state index is 0.0210. The van der Waals surface area contributed by atoms with Gasteiger partial charge in [-0.2, -0.15) is 5.10 Å². The predicted molar refractivity (Wildman–Crippen MR) is 45.8 cm³/mol. The fourth-order valence-electron chi connectivity index (χ4n) is 0.764. The van der Waals surface area contributed by atoms with Crippen molar-refractivity contribution in [2.45, 2.75) is 0 Å². The number of rotatable bonds is 1. The Hall–Kier alpha value is -1.36. The molecule has 70 valence electrons. The fraction of sp³-hybridized carbons (Fsp3) is 0.286. The van der Waals surface area contributed by atoms with Gasteiger partial charge in [0.05, 0.1) is 7.11 Å². The number of nitrogens with zero attached hydrogens (tertiary/aromatic N) is 2. The summed E-state index contributed by atoms with van der Waals surface area (Å²) >= 11 is 5.60. The molecule has 1 rings (SSSR count). The average molecular weight is 203 g/mol. The lowest BCUT2D eigenvalue weighted by molar-refractivity contribution is 0.0600. The summed E-state index contributed by atoms with van der Waals surface area (Å²) in [6.07, 6.45) is 0. The van der Waals surface area contributed by atoms with Gasteiger partial charge in [-0.1, -0.05) is 11.6 Å². The van der Waals surface area contributed by atoms with Crippen LogP contribution < -0.4 is 5.56 Å². The van der Waals surface area contributed by atoms with Crippen LogP contribution in [0.3, 0.4) is 0 Å². The number of carbonyl (C=O) groups excluding carboxylic acids is 1. The number of ether oxygens (including phenoxy) is 1. The van der Waals surface area contributed by atoms with Gasteiger partial charge in [0.2, 0.25) is 0 Å². The Morgan fingerprint density at radius 2 is 2.31 bits per heavy atom. The average Bonchev–Trinajstić information content (AvgIpc) is 2.10. The van der Waals surface area contributed by atoms with Gasteiger partial charge in [0, 0.05) is 13.1 Å². The third kappa shape index (κ3) is 1.86. The molecule has 0 aromatic carbocycles. The summed E-state index contributed by atoms with van der Waals surface area (Å²) in [6.45, 7) is 0. The molecule has 0 atom stereocenters. The maximum Gasteiger partial charge on any atom is 0.341 e. The summed E-state index contributed by atoms with van der Waals surface area (Å²) in [5.74, 6) is -0.671. The lowest BCUT2D eigenvalue weighted by atomic mass is 10.3. The highest BCUT2D eigenvalue weighted by atomic mass is 35.5. The van der Waals surface area contributed by atoms with Crippen molar-refractivity contribution in [3.63, 3.8) is 0 Å². The predicted octanol–water partition coefficient (Wildman–Crippen LogP) is 0.220. The molecular formula is C7H7ClN2O3. The number of carbonyl (C=O) groups is 1. The van der Waals surface area contributed by atoms with Crippen LogP contribution in [0.2, 0.25) is 5.15 Å². The van der Waals surface area contributed by atoms with Crippen LogP contribution in [0.1, 0.15) is 10.4 Å². The molecule has 0 unspecified atom stereocenters. The van der Waals surface area contributed by atoms with Crippen LogP contribution in [0.25, 0.3) is 0 Å². The van der Waals surface area contributed by atoms with E-state index in [0.29, 0.717) is 0 Å². The van der Waals surface area contributed by atoms with E-state index in [9.17, 15) is 9.59 Å². The molecule has 0 aliphatic carbocycles. The highest BCUT2D eigenvalue weighted by Gasteiger charge is 2.13. The molecule has 0 N–H and O–H groups in total. The van der Waals surface area contributed by atoms with Crippen molar-refractivity contribution in [1.29, 1.82) is 0 Å². The first-order chi connectivity index (χ1) is 6.06. The number of methoxy groups -OCH3 is 1. The smallest absolute Gasteiger partial charge is 0.341 e. The third-order valence-corrected chi connectivity index (χ3v) is 1.73. The Morgan fingerprint density at radius 3 is 2.85 bits per heavy atom. The zero-order chi connectivity index (χ0) is 10.0. The number of aryl methyl sites for hydroxylation is 1. The van der Waals surface area contributed by atoms with Gasteiger partial charge < -0.3 is 4.74 Å². The van der Waals surface area contributed by atoms with E-state index in [1.54, 1.807) is 0 Å². The second kappa shape index (κ2) is 3.57. The highest BCUT2D eigenvalue weighted by Crippen LogP contribution is 2.09. The molecule has 1 aromatic rings. The largest absolute Gasteiger partial charge is 0.465 e. The minimum Gasteiger partial charge on any atom is -0.465 e. The molecule has 1 heterocycles. The van der Waals surface area contributed by atoms with Crippen molar-refractivity contribution in [3.8, 4) is 0 Å². The SMILES string of the molecule is COC(=O)c1cc(=O)n(C)nc1Cl. The Morgan fingerprint density at radius 1 is 1.69 bits per heavy atom. The van der Waals surface area contributed by atoms with E-state index < -0.39 is 11.5 Å². The molecule has 0 radical (unpaired) electrons. The van der Waals surface area contributed by atoms with Crippen molar-refractivity contribution >= 4 is 17.6 Å². The minimum atomic E-state index is -0.671. The van der Waals surface area contributed by atoms with Crippen LogP contribution in [0.15, 0.2) is 10.9 Å². The van der Waals surface area contributed by atoms with Crippen LogP contribution in [-0.2, 0) is 11.8 Å². The monoisotopic (exact) mass is 202 g/mol. The summed E-state index contributed by atoms with van der Waals surface area (Å²) in [5, 5.41) is 3.56. The molecule has 13 heavy (non-hydrogen) atoms. The molecule has 0 saturated carbocycles. The molecule has 0 spiro atoms. The quantitative estimate of drug-likeness (QED) is 0.612. The van der Waals surface area contributed by atoms with Gasteiger partial charge >= 0.3 is 5.97 Å². The first-order valence-corrected chi connectivity index (χ1v) is 3.76. The Kier molecular flexibility index (Phi) is 2.67. The van der Waals surface area contributed by atoms with E-state index in [4.69, 9.17) is 11.6 Å². The summed E-state index contributed by atoms with van der Waals surface area (Å²) in [7, 11) is 2.64. The summed E-state index contributed by atoms with van der Waals surface area (Å²) in [5.41, 5.74) is -0.433. The molecular weight excluding hydrogens is 196 g/mol. The maximum absolute atomic E-state index is 11.0. The molecule has 0 amide bonds. The van der Waals surface area contributed by atoms with E-state index >= 15 is 0 Å². The van der Waals surface area contributed by atoms with E-state index in [1.165, 1.54) is 14.2 Å². The van der Waals surface area contributed by atoms with Crippen molar-refractivity contribution in [2.24, 2.45) is 7.05 Å². The standard InChI is InChI=1S/C7H7ClN2O3/c1-10-5(11)3-4(6(8)9-10)7(12)13-2/h3H,1-2H3. The van der Waals surface area contributed by atoms with Crippen molar-refractivity contribution < 1.29 is 9.53 Å². The number of hydrogen-bond donors (Lipinski definition) is 0.